The molecule has 0 unspecified atom stereocenters. The topological polar surface area (TPSA) is 15.8 Å². The highest BCUT2D eigenvalue weighted by atomic mass is 14.7. The third kappa shape index (κ3) is 2.06. The van der Waals surface area contributed by atoms with E-state index in [1.165, 1.54) is 54.5 Å². The molecular formula is C26H17N. The molecule has 0 aliphatic heterocycles. The Hall–Kier alpha value is -3.58. The van der Waals surface area contributed by atoms with E-state index in [1.54, 1.807) is 0 Å². The van der Waals surface area contributed by atoms with E-state index >= 15 is 0 Å². The lowest BCUT2D eigenvalue weighted by atomic mass is 9.94. The SMILES string of the molecule is c1ccc2c(c1)ccc1c(-c3cccc4c3[nH]c3ccccc34)cccc12. The van der Waals surface area contributed by atoms with Crippen molar-refractivity contribution in [2.24, 2.45) is 0 Å². The van der Waals surface area contributed by atoms with Crippen molar-refractivity contribution < 1.29 is 0 Å². The van der Waals surface area contributed by atoms with Crippen LogP contribution in [0.15, 0.2) is 97.1 Å². The van der Waals surface area contributed by atoms with Gasteiger partial charge in [-0.05, 0) is 33.2 Å². The fourth-order valence-corrected chi connectivity index (χ4v) is 4.37. The second-order valence-corrected chi connectivity index (χ2v) is 7.09. The van der Waals surface area contributed by atoms with Gasteiger partial charge in [-0.25, -0.2) is 0 Å². The minimum atomic E-state index is 1.19. The second-order valence-electron chi connectivity index (χ2n) is 7.09. The smallest absolute Gasteiger partial charge is 0.0544 e. The van der Waals surface area contributed by atoms with Crippen molar-refractivity contribution >= 4 is 43.4 Å². The number of hydrogen-bond donors (Lipinski definition) is 1. The third-order valence-electron chi connectivity index (χ3n) is 5.62. The average molecular weight is 343 g/mol. The second kappa shape index (κ2) is 5.46. The monoisotopic (exact) mass is 343 g/mol. The van der Waals surface area contributed by atoms with Crippen molar-refractivity contribution in [1.29, 1.82) is 0 Å². The molecule has 1 nitrogen and oxygen atoms in total. The lowest BCUT2D eigenvalue weighted by Gasteiger charge is -2.10. The fraction of sp³-hybridized carbons (Fsp3) is 0. The maximum atomic E-state index is 3.65. The molecule has 6 rings (SSSR count). The van der Waals surface area contributed by atoms with Crippen molar-refractivity contribution in [2.45, 2.75) is 0 Å². The van der Waals surface area contributed by atoms with Gasteiger partial charge in [-0.2, -0.15) is 0 Å². The zero-order valence-electron chi connectivity index (χ0n) is 14.7. The van der Waals surface area contributed by atoms with E-state index in [2.05, 4.69) is 102 Å². The molecule has 126 valence electrons. The number of rotatable bonds is 1. The standard InChI is InChI=1S/C26H17N/c1-2-8-18-17(7-1)15-16-21-19(18)10-5-11-20(21)23-12-6-13-24-22-9-3-4-14-25(22)27-26(23)24/h1-16,27H. The zero-order valence-corrected chi connectivity index (χ0v) is 14.7. The van der Waals surface area contributed by atoms with Gasteiger partial charge >= 0.3 is 0 Å². The van der Waals surface area contributed by atoms with Gasteiger partial charge in [0.1, 0.15) is 0 Å². The first-order chi connectivity index (χ1) is 13.4. The molecule has 0 fully saturated rings. The van der Waals surface area contributed by atoms with Gasteiger partial charge in [-0.1, -0.05) is 91.0 Å². The van der Waals surface area contributed by atoms with E-state index in [0.717, 1.165) is 0 Å². The Morgan fingerprint density at radius 1 is 0.407 bits per heavy atom. The molecule has 1 heteroatoms. The largest absolute Gasteiger partial charge is 0.354 e. The van der Waals surface area contributed by atoms with Gasteiger partial charge in [0.15, 0.2) is 0 Å². The van der Waals surface area contributed by atoms with Gasteiger partial charge in [0.05, 0.1) is 5.52 Å². The summed E-state index contributed by atoms with van der Waals surface area (Å²) in [6.45, 7) is 0. The summed E-state index contributed by atoms with van der Waals surface area (Å²) in [5, 5.41) is 7.74. The number of benzene rings is 5. The van der Waals surface area contributed by atoms with Crippen molar-refractivity contribution in [3.05, 3.63) is 97.1 Å². The molecule has 6 aromatic rings. The Balaban J connectivity index is 1.74. The van der Waals surface area contributed by atoms with Gasteiger partial charge < -0.3 is 4.98 Å². The number of fused-ring (bicyclic) bond motifs is 6. The zero-order chi connectivity index (χ0) is 17.8. The Morgan fingerprint density at radius 2 is 1.11 bits per heavy atom. The van der Waals surface area contributed by atoms with Crippen LogP contribution in [-0.4, -0.2) is 4.98 Å². The highest BCUT2D eigenvalue weighted by Crippen LogP contribution is 2.38. The highest BCUT2D eigenvalue weighted by molar-refractivity contribution is 6.17. The molecule has 0 bridgehead atoms. The Morgan fingerprint density at radius 3 is 2.04 bits per heavy atom. The molecule has 0 radical (unpaired) electrons. The summed E-state index contributed by atoms with van der Waals surface area (Å²) in [5.74, 6) is 0. The van der Waals surface area contributed by atoms with Gasteiger partial charge in [0, 0.05) is 21.9 Å². The predicted octanol–water partition coefficient (Wildman–Crippen LogP) is 7.29. The quantitative estimate of drug-likeness (QED) is 0.302. The van der Waals surface area contributed by atoms with E-state index in [-0.39, 0.29) is 0 Å². The number of aromatic amines is 1. The lowest BCUT2D eigenvalue weighted by molar-refractivity contribution is 1.54. The normalized spacial score (nSPS) is 11.7. The summed E-state index contributed by atoms with van der Waals surface area (Å²) < 4.78 is 0. The van der Waals surface area contributed by atoms with Crippen LogP contribution in [0.5, 0.6) is 0 Å². The molecule has 27 heavy (non-hydrogen) atoms. The molecule has 1 aromatic heterocycles. The van der Waals surface area contributed by atoms with Crippen LogP contribution in [-0.2, 0) is 0 Å². The Bertz CT molecular complexity index is 1470. The highest BCUT2D eigenvalue weighted by Gasteiger charge is 2.12. The third-order valence-corrected chi connectivity index (χ3v) is 5.62. The number of aromatic nitrogens is 1. The van der Waals surface area contributed by atoms with Crippen molar-refractivity contribution in [2.75, 3.05) is 0 Å². The molecule has 0 amide bonds. The summed E-state index contributed by atoms with van der Waals surface area (Å²) in [7, 11) is 0. The number of nitrogens with one attached hydrogen (secondary N) is 1. The molecule has 0 spiro atoms. The minimum absolute atomic E-state index is 1.19. The summed E-state index contributed by atoms with van der Waals surface area (Å²) in [6, 6.07) is 34.9. The average Bonchev–Trinajstić information content (AvgIpc) is 3.12. The molecule has 0 aliphatic rings. The van der Waals surface area contributed by atoms with Gasteiger partial charge in [-0.15, -0.1) is 0 Å². The van der Waals surface area contributed by atoms with Crippen molar-refractivity contribution in [3.8, 4) is 11.1 Å². The van der Waals surface area contributed by atoms with Crippen LogP contribution in [0.1, 0.15) is 0 Å². The van der Waals surface area contributed by atoms with Crippen LogP contribution in [0.2, 0.25) is 0 Å². The molecular weight excluding hydrogens is 326 g/mol. The first-order valence-corrected chi connectivity index (χ1v) is 9.30. The number of H-pyrrole nitrogens is 1. The molecule has 0 saturated carbocycles. The number of hydrogen-bond acceptors (Lipinski definition) is 0. The lowest BCUT2D eigenvalue weighted by Crippen LogP contribution is -1.85. The van der Waals surface area contributed by atoms with Crippen LogP contribution in [0.25, 0.3) is 54.5 Å². The maximum Gasteiger partial charge on any atom is 0.0544 e. The Labute approximate surface area is 156 Å². The first-order valence-electron chi connectivity index (χ1n) is 9.30. The summed E-state index contributed by atoms with van der Waals surface area (Å²) in [4.78, 5) is 3.65. The Kier molecular flexibility index (Phi) is 2.95. The predicted molar refractivity (Wildman–Crippen MR) is 116 cm³/mol. The van der Waals surface area contributed by atoms with Crippen LogP contribution < -0.4 is 0 Å². The summed E-state index contributed by atoms with van der Waals surface area (Å²) >= 11 is 0. The van der Waals surface area contributed by atoms with Gasteiger partial charge in [0.2, 0.25) is 0 Å². The molecule has 5 aromatic carbocycles. The van der Waals surface area contributed by atoms with Crippen molar-refractivity contribution in [3.63, 3.8) is 0 Å². The van der Waals surface area contributed by atoms with Gasteiger partial charge in [-0.3, -0.25) is 0 Å². The molecule has 0 saturated heterocycles. The van der Waals surface area contributed by atoms with E-state index in [0.29, 0.717) is 0 Å². The summed E-state index contributed by atoms with van der Waals surface area (Å²) in [5.41, 5.74) is 4.92. The van der Waals surface area contributed by atoms with E-state index in [1.807, 2.05) is 0 Å². The van der Waals surface area contributed by atoms with Crippen LogP contribution >= 0.6 is 0 Å². The number of para-hydroxylation sites is 2. The minimum Gasteiger partial charge on any atom is -0.354 e. The van der Waals surface area contributed by atoms with Crippen LogP contribution in [0.3, 0.4) is 0 Å². The van der Waals surface area contributed by atoms with E-state index in [9.17, 15) is 0 Å². The van der Waals surface area contributed by atoms with E-state index < -0.39 is 0 Å². The molecule has 1 N–H and O–H groups in total. The molecule has 1 heterocycles. The van der Waals surface area contributed by atoms with Crippen molar-refractivity contribution in [1.82, 2.24) is 4.98 Å². The molecule has 0 aliphatic carbocycles. The maximum absolute atomic E-state index is 3.65. The molecule has 0 atom stereocenters. The fourth-order valence-electron chi connectivity index (χ4n) is 4.37. The van der Waals surface area contributed by atoms with Crippen LogP contribution in [0.4, 0.5) is 0 Å². The van der Waals surface area contributed by atoms with Gasteiger partial charge in [0.25, 0.3) is 0 Å². The van der Waals surface area contributed by atoms with Crippen LogP contribution in [0, 0.1) is 0 Å². The summed E-state index contributed by atoms with van der Waals surface area (Å²) in [6.07, 6.45) is 0. The first kappa shape index (κ1) is 14.6. The van der Waals surface area contributed by atoms with E-state index in [4.69, 9.17) is 0 Å².